The first kappa shape index (κ1) is 12.6. The van der Waals surface area contributed by atoms with Gasteiger partial charge >= 0.3 is 0 Å². The van der Waals surface area contributed by atoms with Crippen LogP contribution in [-0.4, -0.2) is 7.47 Å². The molecule has 0 rings (SSSR count). The SMILES string of the molecule is Br/C(=C(/Br)C(Br)Br)C(Br)Br. The van der Waals surface area contributed by atoms with Crippen LogP contribution in [0.4, 0.5) is 0 Å². The number of halogens is 6. The third kappa shape index (κ3) is 4.60. The second-order valence-electron chi connectivity index (χ2n) is 1.30. The summed E-state index contributed by atoms with van der Waals surface area (Å²) in [4.78, 5) is 0. The molecular weight excluding hydrogens is 527 g/mol. The lowest BCUT2D eigenvalue weighted by Crippen LogP contribution is -1.92. The summed E-state index contributed by atoms with van der Waals surface area (Å²) in [5.74, 6) is 0. The molecule has 0 aliphatic rings. The van der Waals surface area contributed by atoms with Crippen molar-refractivity contribution in [1.29, 1.82) is 0 Å². The normalized spacial score (nSPS) is 14.4. The molecule has 0 aromatic heterocycles. The van der Waals surface area contributed by atoms with Gasteiger partial charge in [0.05, 0.1) is 0 Å². The van der Waals surface area contributed by atoms with Crippen molar-refractivity contribution in [2.24, 2.45) is 0 Å². The van der Waals surface area contributed by atoms with Crippen LogP contribution in [0.15, 0.2) is 8.96 Å². The van der Waals surface area contributed by atoms with E-state index in [9.17, 15) is 0 Å². The van der Waals surface area contributed by atoms with Gasteiger partial charge in [-0.1, -0.05) is 95.6 Å². The molecule has 0 unspecified atom stereocenters. The summed E-state index contributed by atoms with van der Waals surface area (Å²) in [6.45, 7) is 0. The van der Waals surface area contributed by atoms with Crippen LogP contribution in [0.3, 0.4) is 0 Å². The Morgan fingerprint density at radius 1 is 0.700 bits per heavy atom. The average molecular weight is 529 g/mol. The Hall–Kier alpha value is 2.62. The van der Waals surface area contributed by atoms with E-state index in [0.29, 0.717) is 0 Å². The van der Waals surface area contributed by atoms with E-state index in [4.69, 9.17) is 0 Å². The highest BCUT2D eigenvalue weighted by atomic mass is 79.9. The number of hydrogen-bond donors (Lipinski definition) is 0. The maximum Gasteiger partial charge on any atom is 0.102 e. The van der Waals surface area contributed by atoms with Gasteiger partial charge in [0.2, 0.25) is 0 Å². The van der Waals surface area contributed by atoms with Crippen LogP contribution in [0.5, 0.6) is 0 Å². The second kappa shape index (κ2) is 6.13. The van der Waals surface area contributed by atoms with Crippen LogP contribution in [0.1, 0.15) is 0 Å². The minimum atomic E-state index is 0.145. The van der Waals surface area contributed by atoms with Crippen molar-refractivity contribution in [3.63, 3.8) is 0 Å². The Labute approximate surface area is 110 Å². The highest BCUT2D eigenvalue weighted by Crippen LogP contribution is 2.35. The fourth-order valence-corrected chi connectivity index (χ4v) is 2.88. The molecule has 6 heteroatoms. The molecule has 0 bridgehead atoms. The zero-order valence-corrected chi connectivity index (χ0v) is 13.9. The van der Waals surface area contributed by atoms with E-state index in [2.05, 4.69) is 95.6 Å². The van der Waals surface area contributed by atoms with Gasteiger partial charge in [-0.3, -0.25) is 0 Å². The predicted octanol–water partition coefficient (Wildman–Crippen LogP) is 5.22. The first-order valence-electron chi connectivity index (χ1n) is 2.08. The van der Waals surface area contributed by atoms with Gasteiger partial charge in [-0.15, -0.1) is 0 Å². The molecule has 0 aromatic rings. The van der Waals surface area contributed by atoms with E-state index in [1.54, 1.807) is 0 Å². The Kier molecular flexibility index (Phi) is 7.74. The van der Waals surface area contributed by atoms with Crippen LogP contribution >= 0.6 is 95.6 Å². The first-order chi connectivity index (χ1) is 4.46. The minimum Gasteiger partial charge on any atom is -0.0706 e. The van der Waals surface area contributed by atoms with Crippen LogP contribution in [0, 0.1) is 0 Å². The van der Waals surface area contributed by atoms with E-state index < -0.39 is 0 Å². The highest BCUT2D eigenvalue weighted by molar-refractivity contribution is 9.26. The van der Waals surface area contributed by atoms with Crippen molar-refractivity contribution in [2.75, 3.05) is 0 Å². The molecule has 0 saturated heterocycles. The summed E-state index contributed by atoms with van der Waals surface area (Å²) in [5, 5.41) is 0. The summed E-state index contributed by atoms with van der Waals surface area (Å²) in [6, 6.07) is 0. The number of allylic oxidation sites excluding steroid dienone is 2. The maximum absolute atomic E-state index is 3.39. The van der Waals surface area contributed by atoms with Gasteiger partial charge in [-0.2, -0.15) is 0 Å². The fourth-order valence-electron chi connectivity index (χ4n) is 0.208. The predicted molar refractivity (Wildman–Crippen MR) is 68.2 cm³/mol. The quantitative estimate of drug-likeness (QED) is 0.431. The lowest BCUT2D eigenvalue weighted by atomic mass is 10.6. The van der Waals surface area contributed by atoms with Gasteiger partial charge in [0.1, 0.15) is 7.47 Å². The van der Waals surface area contributed by atoms with E-state index in [-0.39, 0.29) is 7.47 Å². The fraction of sp³-hybridized carbons (Fsp3) is 0.500. The average Bonchev–Trinajstić information content (AvgIpc) is 1.84. The lowest BCUT2D eigenvalue weighted by molar-refractivity contribution is 1.56. The molecule has 0 aliphatic heterocycles. The summed E-state index contributed by atoms with van der Waals surface area (Å²) >= 11 is 20.2. The molecule has 0 fully saturated rings. The second-order valence-corrected chi connectivity index (χ2v) is 9.13. The topological polar surface area (TPSA) is 0 Å². The molecule has 0 N–H and O–H groups in total. The van der Waals surface area contributed by atoms with Crippen LogP contribution in [-0.2, 0) is 0 Å². The smallest absolute Gasteiger partial charge is 0.0706 e. The Balaban J connectivity index is 4.34. The highest BCUT2D eigenvalue weighted by Gasteiger charge is 2.12. The third-order valence-corrected chi connectivity index (χ3v) is 7.20. The van der Waals surface area contributed by atoms with Crippen LogP contribution < -0.4 is 0 Å². The van der Waals surface area contributed by atoms with E-state index in [0.717, 1.165) is 8.96 Å². The minimum absolute atomic E-state index is 0.145. The van der Waals surface area contributed by atoms with Gasteiger partial charge in [-0.05, 0) is 0 Å². The molecule has 0 heterocycles. The number of rotatable bonds is 2. The molecule has 10 heavy (non-hydrogen) atoms. The van der Waals surface area contributed by atoms with Gasteiger partial charge in [0, 0.05) is 8.96 Å². The molecule has 60 valence electrons. The molecule has 0 aliphatic carbocycles. The van der Waals surface area contributed by atoms with Crippen molar-refractivity contribution in [2.45, 2.75) is 7.47 Å². The molecule has 0 saturated carbocycles. The summed E-state index contributed by atoms with van der Waals surface area (Å²) in [6.07, 6.45) is 0. The molecular formula is C4H2Br6. The molecule has 0 amide bonds. The Morgan fingerprint density at radius 3 is 1.00 bits per heavy atom. The molecule has 0 atom stereocenters. The molecule has 0 spiro atoms. The first-order valence-corrected chi connectivity index (χ1v) is 7.33. The standard InChI is InChI=1S/C4H2Br6/c5-1(3(7)8)2(6)4(9)10/h3-4H/b2-1+. The van der Waals surface area contributed by atoms with Crippen LogP contribution in [0.2, 0.25) is 0 Å². The van der Waals surface area contributed by atoms with E-state index in [1.165, 1.54) is 0 Å². The van der Waals surface area contributed by atoms with Crippen molar-refractivity contribution in [1.82, 2.24) is 0 Å². The van der Waals surface area contributed by atoms with Gasteiger partial charge in [0.15, 0.2) is 0 Å². The van der Waals surface area contributed by atoms with Gasteiger partial charge in [0.25, 0.3) is 0 Å². The molecule has 0 nitrogen and oxygen atoms in total. The van der Waals surface area contributed by atoms with Gasteiger partial charge < -0.3 is 0 Å². The van der Waals surface area contributed by atoms with Crippen molar-refractivity contribution in [3.8, 4) is 0 Å². The molecule has 0 radical (unpaired) electrons. The zero-order chi connectivity index (χ0) is 8.31. The van der Waals surface area contributed by atoms with Crippen LogP contribution in [0.25, 0.3) is 0 Å². The monoisotopic (exact) mass is 524 g/mol. The van der Waals surface area contributed by atoms with Crippen molar-refractivity contribution >= 4 is 95.6 Å². The van der Waals surface area contributed by atoms with E-state index in [1.807, 2.05) is 0 Å². The summed E-state index contributed by atoms with van der Waals surface area (Å²) in [7, 11) is 0. The number of hydrogen-bond acceptors (Lipinski definition) is 0. The summed E-state index contributed by atoms with van der Waals surface area (Å²) in [5.41, 5.74) is 0. The maximum atomic E-state index is 3.39. The van der Waals surface area contributed by atoms with Gasteiger partial charge in [-0.25, -0.2) is 0 Å². The van der Waals surface area contributed by atoms with Crippen molar-refractivity contribution in [3.05, 3.63) is 8.96 Å². The largest absolute Gasteiger partial charge is 0.102 e. The van der Waals surface area contributed by atoms with Crippen molar-refractivity contribution < 1.29 is 0 Å². The summed E-state index contributed by atoms with van der Waals surface area (Å²) < 4.78 is 2.33. The Bertz CT molecular complexity index is 121. The number of alkyl halides is 4. The zero-order valence-electron chi connectivity index (χ0n) is 4.42. The molecule has 0 aromatic carbocycles. The van der Waals surface area contributed by atoms with E-state index >= 15 is 0 Å². The lowest BCUT2D eigenvalue weighted by Gasteiger charge is -2.05. The Morgan fingerprint density at radius 2 is 0.900 bits per heavy atom. The third-order valence-electron chi connectivity index (χ3n) is 0.611.